The Bertz CT molecular complexity index is 474. The lowest BCUT2D eigenvalue weighted by atomic mass is 10.1. The van der Waals surface area contributed by atoms with E-state index in [0.717, 1.165) is 36.5 Å². The molecule has 0 bridgehead atoms. The van der Waals surface area contributed by atoms with Crippen molar-refractivity contribution in [3.63, 3.8) is 0 Å². The van der Waals surface area contributed by atoms with Crippen LogP contribution in [-0.2, 0) is 0 Å². The monoisotopic (exact) mass is 260 g/mol. The van der Waals surface area contributed by atoms with E-state index in [9.17, 15) is 5.26 Å². The molecule has 0 spiro atoms. The van der Waals surface area contributed by atoms with Gasteiger partial charge in [0.25, 0.3) is 0 Å². The Labute approximate surface area is 114 Å². The zero-order valence-electron chi connectivity index (χ0n) is 11.4. The minimum Gasteiger partial charge on any atom is -0.370 e. The molecule has 1 aliphatic heterocycles. The molecular formula is C15H20N2S. The van der Waals surface area contributed by atoms with E-state index in [1.54, 1.807) is 0 Å². The van der Waals surface area contributed by atoms with Crippen molar-refractivity contribution in [2.24, 2.45) is 0 Å². The van der Waals surface area contributed by atoms with Gasteiger partial charge >= 0.3 is 0 Å². The van der Waals surface area contributed by atoms with Crippen LogP contribution in [0.3, 0.4) is 0 Å². The number of anilines is 1. The molecule has 1 fully saturated rings. The quantitative estimate of drug-likeness (QED) is 0.772. The van der Waals surface area contributed by atoms with Gasteiger partial charge in [0.05, 0.1) is 11.3 Å². The number of rotatable bonds is 1. The zero-order valence-corrected chi connectivity index (χ0v) is 12.2. The van der Waals surface area contributed by atoms with E-state index < -0.39 is 0 Å². The molecule has 2 nitrogen and oxygen atoms in total. The number of aryl methyl sites for hydroxylation is 1. The second-order valence-corrected chi connectivity index (χ2v) is 7.28. The van der Waals surface area contributed by atoms with Crippen molar-refractivity contribution in [2.45, 2.75) is 31.9 Å². The standard InChI is InChI=1S/C15H20N2S/c1-12-4-5-13(11-16)14(10-12)17-7-6-15(2,3)18-9-8-17/h4-5,10H,6-9H2,1-3H3. The fraction of sp³-hybridized carbons (Fsp3) is 0.533. The number of nitriles is 1. The lowest BCUT2D eigenvalue weighted by Gasteiger charge is -2.25. The molecule has 1 aromatic rings. The molecular weight excluding hydrogens is 240 g/mol. The van der Waals surface area contributed by atoms with Gasteiger partial charge in [-0.3, -0.25) is 0 Å². The summed E-state index contributed by atoms with van der Waals surface area (Å²) in [5.74, 6) is 1.13. The molecule has 0 atom stereocenters. The van der Waals surface area contributed by atoms with Crippen LogP contribution in [-0.4, -0.2) is 23.6 Å². The minimum absolute atomic E-state index is 0.353. The Balaban J connectivity index is 2.26. The molecule has 1 heterocycles. The summed E-state index contributed by atoms with van der Waals surface area (Å²) in [7, 11) is 0. The maximum atomic E-state index is 9.23. The summed E-state index contributed by atoms with van der Waals surface area (Å²) >= 11 is 2.03. The third kappa shape index (κ3) is 3.00. The molecule has 18 heavy (non-hydrogen) atoms. The molecule has 0 saturated carbocycles. The van der Waals surface area contributed by atoms with Gasteiger partial charge in [0.15, 0.2) is 0 Å². The average molecular weight is 260 g/mol. The molecule has 1 aliphatic rings. The van der Waals surface area contributed by atoms with Crippen LogP contribution < -0.4 is 4.90 Å². The van der Waals surface area contributed by atoms with Gasteiger partial charge in [-0.2, -0.15) is 17.0 Å². The topological polar surface area (TPSA) is 27.0 Å². The molecule has 0 radical (unpaired) electrons. The normalized spacial score (nSPS) is 19.1. The van der Waals surface area contributed by atoms with Crippen LogP contribution in [0.2, 0.25) is 0 Å². The molecule has 3 heteroatoms. The number of thioether (sulfide) groups is 1. The Morgan fingerprint density at radius 3 is 2.83 bits per heavy atom. The molecule has 96 valence electrons. The molecule has 0 aromatic heterocycles. The van der Waals surface area contributed by atoms with E-state index in [1.165, 1.54) is 5.56 Å². The molecule has 2 rings (SSSR count). The van der Waals surface area contributed by atoms with E-state index in [4.69, 9.17) is 0 Å². The van der Waals surface area contributed by atoms with Crippen molar-refractivity contribution in [1.82, 2.24) is 0 Å². The highest BCUT2D eigenvalue weighted by Gasteiger charge is 2.24. The van der Waals surface area contributed by atoms with Crippen molar-refractivity contribution in [3.05, 3.63) is 29.3 Å². The maximum Gasteiger partial charge on any atom is 0.101 e. The Kier molecular flexibility index (Phi) is 3.87. The molecule has 0 aliphatic carbocycles. The largest absolute Gasteiger partial charge is 0.370 e. The van der Waals surface area contributed by atoms with Crippen molar-refractivity contribution >= 4 is 17.4 Å². The van der Waals surface area contributed by atoms with Crippen LogP contribution in [0.25, 0.3) is 0 Å². The Morgan fingerprint density at radius 1 is 1.33 bits per heavy atom. The second-order valence-electron chi connectivity index (χ2n) is 5.48. The van der Waals surface area contributed by atoms with Crippen LogP contribution in [0.15, 0.2) is 18.2 Å². The Morgan fingerprint density at radius 2 is 2.11 bits per heavy atom. The van der Waals surface area contributed by atoms with Gasteiger partial charge < -0.3 is 4.90 Å². The Hall–Kier alpha value is -1.14. The third-order valence-corrected chi connectivity index (χ3v) is 4.82. The highest BCUT2D eigenvalue weighted by molar-refractivity contribution is 8.00. The van der Waals surface area contributed by atoms with Gasteiger partial charge in [-0.15, -0.1) is 0 Å². The van der Waals surface area contributed by atoms with E-state index in [0.29, 0.717) is 4.75 Å². The lowest BCUT2D eigenvalue weighted by molar-refractivity contribution is 0.637. The fourth-order valence-electron chi connectivity index (χ4n) is 2.26. The molecule has 0 amide bonds. The van der Waals surface area contributed by atoms with E-state index in [2.05, 4.69) is 37.8 Å². The van der Waals surface area contributed by atoms with E-state index >= 15 is 0 Å². The van der Waals surface area contributed by atoms with E-state index in [1.807, 2.05) is 23.9 Å². The van der Waals surface area contributed by atoms with Crippen LogP contribution in [0, 0.1) is 18.3 Å². The van der Waals surface area contributed by atoms with Crippen molar-refractivity contribution in [2.75, 3.05) is 23.7 Å². The summed E-state index contributed by atoms with van der Waals surface area (Å²) in [5.41, 5.74) is 3.13. The number of nitrogens with zero attached hydrogens (tertiary/aromatic N) is 2. The summed E-state index contributed by atoms with van der Waals surface area (Å²) in [5, 5.41) is 9.23. The zero-order chi connectivity index (χ0) is 13.2. The van der Waals surface area contributed by atoms with Gasteiger partial charge in [-0.25, -0.2) is 0 Å². The lowest BCUT2D eigenvalue weighted by Crippen LogP contribution is -2.27. The molecule has 1 saturated heterocycles. The van der Waals surface area contributed by atoms with Gasteiger partial charge in [-0.1, -0.05) is 19.9 Å². The van der Waals surface area contributed by atoms with Crippen LogP contribution >= 0.6 is 11.8 Å². The predicted molar refractivity (Wildman–Crippen MR) is 79.3 cm³/mol. The van der Waals surface area contributed by atoms with Crippen LogP contribution in [0.4, 0.5) is 5.69 Å². The number of hydrogen-bond donors (Lipinski definition) is 0. The van der Waals surface area contributed by atoms with Crippen molar-refractivity contribution < 1.29 is 0 Å². The summed E-state index contributed by atoms with van der Waals surface area (Å²) in [6.45, 7) is 8.77. The van der Waals surface area contributed by atoms with Gasteiger partial charge in [0.2, 0.25) is 0 Å². The summed E-state index contributed by atoms with van der Waals surface area (Å²) in [6.07, 6.45) is 1.16. The van der Waals surface area contributed by atoms with Crippen LogP contribution in [0.1, 0.15) is 31.4 Å². The predicted octanol–water partition coefficient (Wildman–Crippen LogP) is 3.59. The first-order valence-corrected chi connectivity index (χ1v) is 7.40. The number of benzene rings is 1. The summed E-state index contributed by atoms with van der Waals surface area (Å²) in [4.78, 5) is 2.37. The molecule has 0 N–H and O–H groups in total. The second kappa shape index (κ2) is 5.24. The SMILES string of the molecule is Cc1ccc(C#N)c(N2CCSC(C)(C)CC2)c1. The highest BCUT2D eigenvalue weighted by Crippen LogP contribution is 2.33. The minimum atomic E-state index is 0.353. The summed E-state index contributed by atoms with van der Waals surface area (Å²) < 4.78 is 0.353. The maximum absolute atomic E-state index is 9.23. The highest BCUT2D eigenvalue weighted by atomic mass is 32.2. The summed E-state index contributed by atoms with van der Waals surface area (Å²) in [6, 6.07) is 8.40. The first-order valence-electron chi connectivity index (χ1n) is 6.41. The van der Waals surface area contributed by atoms with Crippen molar-refractivity contribution in [1.29, 1.82) is 5.26 Å². The average Bonchev–Trinajstić information content (AvgIpc) is 2.50. The fourth-order valence-corrected chi connectivity index (χ4v) is 3.36. The number of hydrogen-bond acceptors (Lipinski definition) is 3. The smallest absolute Gasteiger partial charge is 0.101 e. The first kappa shape index (κ1) is 13.3. The van der Waals surface area contributed by atoms with Gasteiger partial charge in [0.1, 0.15) is 6.07 Å². The third-order valence-electron chi connectivity index (χ3n) is 3.45. The van der Waals surface area contributed by atoms with Gasteiger partial charge in [-0.05, 0) is 31.0 Å². The van der Waals surface area contributed by atoms with Crippen LogP contribution in [0.5, 0.6) is 0 Å². The van der Waals surface area contributed by atoms with Gasteiger partial charge in [0, 0.05) is 23.6 Å². The van der Waals surface area contributed by atoms with Crippen molar-refractivity contribution in [3.8, 4) is 6.07 Å². The molecule has 0 unspecified atom stereocenters. The molecule has 1 aromatic carbocycles. The van der Waals surface area contributed by atoms with E-state index in [-0.39, 0.29) is 0 Å². The first-order chi connectivity index (χ1) is 8.52.